The normalized spacial score (nSPS) is 12.8. The molecule has 0 unspecified atom stereocenters. The Hall–Kier alpha value is -1.26. The van der Waals surface area contributed by atoms with Gasteiger partial charge in [0.05, 0.1) is 12.3 Å². The highest BCUT2D eigenvalue weighted by molar-refractivity contribution is 6.35. The highest BCUT2D eigenvalue weighted by atomic mass is 35.5. The van der Waals surface area contributed by atoms with E-state index in [-0.39, 0.29) is 12.8 Å². The number of ether oxygens (including phenoxy) is 1. The van der Waals surface area contributed by atoms with Crippen molar-refractivity contribution in [3.63, 3.8) is 0 Å². The fourth-order valence-corrected chi connectivity index (χ4v) is 2.27. The van der Waals surface area contributed by atoms with Crippen molar-refractivity contribution in [1.82, 2.24) is 0 Å². The van der Waals surface area contributed by atoms with E-state index in [0.29, 0.717) is 15.6 Å². The maximum Gasteiger partial charge on any atom is 0.307 e. The van der Waals surface area contributed by atoms with Crippen LogP contribution in [0.25, 0.3) is 0 Å². The molecule has 1 rings (SSSR count). The van der Waals surface area contributed by atoms with Gasteiger partial charge in [-0.2, -0.15) is 0 Å². The number of esters is 1. The first-order valence-corrected chi connectivity index (χ1v) is 7.22. The van der Waals surface area contributed by atoms with E-state index < -0.39 is 23.5 Å². The number of carboxylic acids is 1. The average molecular weight is 333 g/mol. The monoisotopic (exact) mass is 332 g/mol. The lowest BCUT2D eigenvalue weighted by molar-refractivity contribution is -0.159. The van der Waals surface area contributed by atoms with E-state index in [9.17, 15) is 14.7 Å². The molecule has 0 heterocycles. The van der Waals surface area contributed by atoms with Crippen LogP contribution in [0.4, 0.5) is 0 Å². The molecule has 0 radical (unpaired) electrons. The van der Waals surface area contributed by atoms with Gasteiger partial charge in [0.15, 0.2) is 0 Å². The summed E-state index contributed by atoms with van der Waals surface area (Å²) in [6, 6.07) is 4.84. The summed E-state index contributed by atoms with van der Waals surface area (Å²) in [4.78, 5) is 23.1. The topological polar surface area (TPSA) is 63.6 Å². The van der Waals surface area contributed by atoms with Crippen molar-refractivity contribution in [1.29, 1.82) is 0 Å². The van der Waals surface area contributed by atoms with E-state index in [0.717, 1.165) is 0 Å². The molecule has 0 aliphatic carbocycles. The summed E-state index contributed by atoms with van der Waals surface area (Å²) in [5.74, 6) is -2.50. The predicted molar refractivity (Wildman–Crippen MR) is 81.8 cm³/mol. The van der Waals surface area contributed by atoms with Crippen molar-refractivity contribution >= 4 is 35.1 Å². The molecule has 0 fully saturated rings. The molecule has 116 valence electrons. The van der Waals surface area contributed by atoms with Crippen LogP contribution < -0.4 is 0 Å². The van der Waals surface area contributed by atoms with E-state index in [1.54, 1.807) is 39.0 Å². The van der Waals surface area contributed by atoms with Gasteiger partial charge in [0.1, 0.15) is 5.60 Å². The second kappa shape index (κ2) is 7.14. The van der Waals surface area contributed by atoms with Crippen LogP contribution in [0.15, 0.2) is 18.2 Å². The van der Waals surface area contributed by atoms with Gasteiger partial charge in [0.2, 0.25) is 0 Å². The fraction of sp³-hybridized carbons (Fsp3) is 0.467. The van der Waals surface area contributed by atoms with Gasteiger partial charge in [-0.1, -0.05) is 29.3 Å². The van der Waals surface area contributed by atoms with Gasteiger partial charge in [-0.3, -0.25) is 9.59 Å². The first-order chi connectivity index (χ1) is 9.58. The minimum atomic E-state index is -1.06. The molecule has 0 spiro atoms. The van der Waals surface area contributed by atoms with Crippen LogP contribution in [0, 0.1) is 5.92 Å². The molecule has 0 aliphatic heterocycles. The van der Waals surface area contributed by atoms with Crippen LogP contribution in [-0.2, 0) is 20.7 Å². The van der Waals surface area contributed by atoms with Gasteiger partial charge in [0.25, 0.3) is 0 Å². The number of hydrogen-bond donors (Lipinski definition) is 1. The van der Waals surface area contributed by atoms with Crippen molar-refractivity contribution in [3.05, 3.63) is 33.8 Å². The molecule has 1 aromatic carbocycles. The van der Waals surface area contributed by atoms with E-state index >= 15 is 0 Å². The van der Waals surface area contributed by atoms with Gasteiger partial charge in [-0.15, -0.1) is 0 Å². The van der Waals surface area contributed by atoms with Crippen LogP contribution in [0.5, 0.6) is 0 Å². The number of halogens is 2. The Morgan fingerprint density at radius 3 is 2.38 bits per heavy atom. The Balaban J connectivity index is 2.79. The standard InChI is InChI=1S/C15H18Cl2O4/c1-15(2,3)21-13(18)7-10(14(19)20)6-9-4-5-11(16)8-12(9)17/h4-5,8,10H,6-7H2,1-3H3,(H,19,20)/t10-/m0/s1. The third-order valence-electron chi connectivity index (χ3n) is 2.66. The van der Waals surface area contributed by atoms with Crippen molar-refractivity contribution in [2.24, 2.45) is 5.92 Å². The van der Waals surface area contributed by atoms with E-state index in [1.807, 2.05) is 0 Å². The zero-order valence-electron chi connectivity index (χ0n) is 12.2. The third kappa shape index (κ3) is 6.36. The summed E-state index contributed by atoms with van der Waals surface area (Å²) in [6.07, 6.45) is -0.0594. The summed E-state index contributed by atoms with van der Waals surface area (Å²) < 4.78 is 5.15. The summed E-state index contributed by atoms with van der Waals surface area (Å²) in [6.45, 7) is 5.20. The SMILES string of the molecule is CC(C)(C)OC(=O)C[C@H](Cc1ccc(Cl)cc1Cl)C(=O)O. The predicted octanol–water partition coefficient (Wildman–Crippen LogP) is 3.97. The minimum Gasteiger partial charge on any atom is -0.481 e. The van der Waals surface area contributed by atoms with E-state index in [4.69, 9.17) is 27.9 Å². The lowest BCUT2D eigenvalue weighted by Gasteiger charge is -2.21. The van der Waals surface area contributed by atoms with Crippen LogP contribution >= 0.6 is 23.2 Å². The zero-order chi connectivity index (χ0) is 16.2. The Bertz CT molecular complexity index is 535. The molecule has 0 saturated carbocycles. The molecular formula is C15H18Cl2O4. The van der Waals surface area contributed by atoms with Crippen LogP contribution in [0.2, 0.25) is 10.0 Å². The van der Waals surface area contributed by atoms with Crippen molar-refractivity contribution in [3.8, 4) is 0 Å². The average Bonchev–Trinajstić information content (AvgIpc) is 2.28. The quantitative estimate of drug-likeness (QED) is 0.828. The Kier molecular flexibility index (Phi) is 6.05. The van der Waals surface area contributed by atoms with Gasteiger partial charge < -0.3 is 9.84 Å². The van der Waals surface area contributed by atoms with E-state index in [2.05, 4.69) is 0 Å². The number of aliphatic carboxylic acids is 1. The van der Waals surface area contributed by atoms with Crippen molar-refractivity contribution in [2.45, 2.75) is 39.2 Å². The number of benzene rings is 1. The number of hydrogen-bond acceptors (Lipinski definition) is 3. The van der Waals surface area contributed by atoms with Crippen molar-refractivity contribution < 1.29 is 19.4 Å². The van der Waals surface area contributed by atoms with Gasteiger partial charge in [-0.25, -0.2) is 0 Å². The number of carbonyl (C=O) groups is 2. The maximum absolute atomic E-state index is 11.8. The summed E-state index contributed by atoms with van der Waals surface area (Å²) in [5, 5.41) is 10.1. The second-order valence-electron chi connectivity index (χ2n) is 5.77. The summed E-state index contributed by atoms with van der Waals surface area (Å²) >= 11 is 11.8. The van der Waals surface area contributed by atoms with Crippen molar-refractivity contribution in [2.75, 3.05) is 0 Å². The Morgan fingerprint density at radius 2 is 1.90 bits per heavy atom. The molecule has 0 aliphatic rings. The van der Waals surface area contributed by atoms with Crippen LogP contribution in [0.3, 0.4) is 0 Å². The van der Waals surface area contributed by atoms with Crippen LogP contribution in [0.1, 0.15) is 32.8 Å². The molecular weight excluding hydrogens is 315 g/mol. The van der Waals surface area contributed by atoms with Gasteiger partial charge in [-0.05, 0) is 44.9 Å². The molecule has 1 aromatic rings. The Morgan fingerprint density at radius 1 is 1.29 bits per heavy atom. The molecule has 0 amide bonds. The van der Waals surface area contributed by atoms with Crippen LogP contribution in [-0.4, -0.2) is 22.6 Å². The number of carbonyl (C=O) groups excluding carboxylic acids is 1. The largest absolute Gasteiger partial charge is 0.481 e. The fourth-order valence-electron chi connectivity index (χ4n) is 1.78. The smallest absolute Gasteiger partial charge is 0.307 e. The number of rotatable bonds is 5. The molecule has 0 bridgehead atoms. The summed E-state index contributed by atoms with van der Waals surface area (Å²) in [5.41, 5.74) is -0.00468. The minimum absolute atomic E-state index is 0.143. The first kappa shape index (κ1) is 17.8. The van der Waals surface area contributed by atoms with Gasteiger partial charge >= 0.3 is 11.9 Å². The molecule has 21 heavy (non-hydrogen) atoms. The highest BCUT2D eigenvalue weighted by Gasteiger charge is 2.26. The molecule has 0 saturated heterocycles. The highest BCUT2D eigenvalue weighted by Crippen LogP contribution is 2.25. The molecule has 1 N–H and O–H groups in total. The number of carboxylic acid groups (broad SMARTS) is 1. The molecule has 4 nitrogen and oxygen atoms in total. The maximum atomic E-state index is 11.8. The summed E-state index contributed by atoms with van der Waals surface area (Å²) in [7, 11) is 0. The molecule has 0 aromatic heterocycles. The Labute approximate surface area is 134 Å². The lowest BCUT2D eigenvalue weighted by atomic mass is 9.96. The third-order valence-corrected chi connectivity index (χ3v) is 3.25. The molecule has 1 atom stereocenters. The van der Waals surface area contributed by atoms with Gasteiger partial charge in [0, 0.05) is 10.0 Å². The zero-order valence-corrected chi connectivity index (χ0v) is 13.7. The lowest BCUT2D eigenvalue weighted by Crippen LogP contribution is -2.28. The van der Waals surface area contributed by atoms with E-state index in [1.165, 1.54) is 0 Å². The second-order valence-corrected chi connectivity index (χ2v) is 6.61. The first-order valence-electron chi connectivity index (χ1n) is 6.47. The molecule has 6 heteroatoms.